The zero-order valence-electron chi connectivity index (χ0n) is 13.7. The molecule has 5 nitrogen and oxygen atoms in total. The molecular weight excluding hydrogens is 292 g/mol. The molecule has 3 saturated heterocycles. The molecule has 0 radical (unpaired) electrons. The third kappa shape index (κ3) is 3.31. The highest BCUT2D eigenvalue weighted by molar-refractivity contribution is 5.76. The summed E-state index contributed by atoms with van der Waals surface area (Å²) in [6.45, 7) is 6.60. The van der Waals surface area contributed by atoms with Crippen molar-refractivity contribution in [2.24, 2.45) is 17.8 Å². The van der Waals surface area contributed by atoms with Gasteiger partial charge in [-0.2, -0.15) is 0 Å². The van der Waals surface area contributed by atoms with Gasteiger partial charge in [-0.15, -0.1) is 0 Å². The van der Waals surface area contributed by atoms with Crippen LogP contribution in [-0.4, -0.2) is 55.1 Å². The molecule has 4 heterocycles. The van der Waals surface area contributed by atoms with Gasteiger partial charge in [0.25, 0.3) is 0 Å². The summed E-state index contributed by atoms with van der Waals surface area (Å²) in [7, 11) is 0. The average molecular weight is 318 g/mol. The molecule has 3 aliphatic heterocycles. The van der Waals surface area contributed by atoms with Gasteiger partial charge in [0.1, 0.15) is 0 Å². The van der Waals surface area contributed by atoms with Gasteiger partial charge in [-0.3, -0.25) is 9.69 Å². The summed E-state index contributed by atoms with van der Waals surface area (Å²) in [4.78, 5) is 17.0. The number of rotatable bonds is 4. The van der Waals surface area contributed by atoms with Crippen LogP contribution in [0.15, 0.2) is 23.0 Å². The topological polar surface area (TPSA) is 45.9 Å². The molecule has 3 aliphatic rings. The quantitative estimate of drug-likeness (QED) is 0.852. The molecule has 0 aromatic carbocycles. The summed E-state index contributed by atoms with van der Waals surface area (Å²) in [6, 6.07) is 2.03. The maximum absolute atomic E-state index is 12.5. The Balaban J connectivity index is 1.36. The minimum Gasteiger partial charge on any atom is -0.472 e. The molecule has 0 unspecified atom stereocenters. The standard InChI is InChI=1S/C18H26N2O3/c21-18(20-4-1-2-5-20)7-15-12-23-13-16-9-19(10-17(15)16)8-14-3-6-22-11-14/h3,6,11,15-17H,1-2,4-5,7-10,12-13H2/t15-,16-,17+/m1/s1. The molecule has 5 heteroatoms. The van der Waals surface area contributed by atoms with Gasteiger partial charge in [0.2, 0.25) is 5.91 Å². The third-order valence-electron chi connectivity index (χ3n) is 5.72. The fraction of sp³-hybridized carbons (Fsp3) is 0.722. The highest BCUT2D eigenvalue weighted by Gasteiger charge is 2.42. The van der Waals surface area contributed by atoms with E-state index in [1.165, 1.54) is 5.56 Å². The second-order valence-electron chi connectivity index (χ2n) is 7.34. The van der Waals surface area contributed by atoms with Crippen LogP contribution in [0.5, 0.6) is 0 Å². The molecule has 0 aliphatic carbocycles. The molecule has 3 fully saturated rings. The first-order valence-electron chi connectivity index (χ1n) is 8.88. The van der Waals surface area contributed by atoms with Gasteiger partial charge in [-0.1, -0.05) is 0 Å². The Morgan fingerprint density at radius 3 is 2.87 bits per heavy atom. The minimum atomic E-state index is 0.338. The first-order chi connectivity index (χ1) is 11.3. The number of amides is 1. The predicted octanol–water partition coefficient (Wildman–Crippen LogP) is 1.99. The molecule has 0 saturated carbocycles. The summed E-state index contributed by atoms with van der Waals surface area (Å²) < 4.78 is 11.0. The van der Waals surface area contributed by atoms with E-state index in [0.29, 0.717) is 30.1 Å². The van der Waals surface area contributed by atoms with Crippen molar-refractivity contribution in [1.29, 1.82) is 0 Å². The second kappa shape index (κ2) is 6.65. The minimum absolute atomic E-state index is 0.338. The van der Waals surface area contributed by atoms with E-state index in [1.54, 1.807) is 6.26 Å². The third-order valence-corrected chi connectivity index (χ3v) is 5.72. The molecule has 1 aromatic rings. The number of ether oxygens (including phenoxy) is 1. The van der Waals surface area contributed by atoms with Crippen molar-refractivity contribution >= 4 is 5.91 Å². The van der Waals surface area contributed by atoms with Gasteiger partial charge in [-0.25, -0.2) is 0 Å². The molecule has 126 valence electrons. The van der Waals surface area contributed by atoms with Crippen molar-refractivity contribution in [2.75, 3.05) is 39.4 Å². The van der Waals surface area contributed by atoms with E-state index in [9.17, 15) is 4.79 Å². The second-order valence-corrected chi connectivity index (χ2v) is 7.34. The van der Waals surface area contributed by atoms with Gasteiger partial charge in [0.05, 0.1) is 25.7 Å². The van der Waals surface area contributed by atoms with E-state index in [4.69, 9.17) is 9.15 Å². The van der Waals surface area contributed by atoms with Crippen LogP contribution in [0, 0.1) is 17.8 Å². The Morgan fingerprint density at radius 2 is 2.09 bits per heavy atom. The van der Waals surface area contributed by atoms with E-state index in [0.717, 1.165) is 58.8 Å². The number of hydrogen-bond donors (Lipinski definition) is 0. The molecule has 23 heavy (non-hydrogen) atoms. The highest BCUT2D eigenvalue weighted by Crippen LogP contribution is 2.36. The molecule has 1 amide bonds. The number of carbonyl (C=O) groups is 1. The van der Waals surface area contributed by atoms with Gasteiger partial charge >= 0.3 is 0 Å². The Morgan fingerprint density at radius 1 is 1.22 bits per heavy atom. The number of furan rings is 1. The predicted molar refractivity (Wildman–Crippen MR) is 85.7 cm³/mol. The zero-order valence-corrected chi connectivity index (χ0v) is 13.7. The van der Waals surface area contributed by atoms with Crippen molar-refractivity contribution in [3.8, 4) is 0 Å². The fourth-order valence-corrected chi connectivity index (χ4v) is 4.49. The van der Waals surface area contributed by atoms with Crippen LogP contribution in [-0.2, 0) is 16.1 Å². The Kier molecular flexibility index (Phi) is 4.40. The summed E-state index contributed by atoms with van der Waals surface area (Å²) in [5.74, 6) is 1.90. The summed E-state index contributed by atoms with van der Waals surface area (Å²) >= 11 is 0. The molecular formula is C18H26N2O3. The van der Waals surface area contributed by atoms with Crippen LogP contribution < -0.4 is 0 Å². The van der Waals surface area contributed by atoms with Crippen molar-refractivity contribution in [3.05, 3.63) is 24.2 Å². The van der Waals surface area contributed by atoms with Crippen molar-refractivity contribution < 1.29 is 13.9 Å². The van der Waals surface area contributed by atoms with Gasteiger partial charge in [-0.05, 0) is 36.7 Å². The first kappa shape index (κ1) is 15.2. The molecule has 4 rings (SSSR count). The summed E-state index contributed by atoms with van der Waals surface area (Å²) in [5.41, 5.74) is 1.23. The van der Waals surface area contributed by atoms with E-state index in [-0.39, 0.29) is 0 Å². The van der Waals surface area contributed by atoms with Crippen LogP contribution in [0.3, 0.4) is 0 Å². The van der Waals surface area contributed by atoms with Crippen molar-refractivity contribution in [2.45, 2.75) is 25.8 Å². The normalized spacial score (nSPS) is 31.5. The summed E-state index contributed by atoms with van der Waals surface area (Å²) in [6.07, 6.45) is 6.56. The van der Waals surface area contributed by atoms with E-state index >= 15 is 0 Å². The van der Waals surface area contributed by atoms with E-state index < -0.39 is 0 Å². The van der Waals surface area contributed by atoms with Crippen LogP contribution in [0.4, 0.5) is 0 Å². The van der Waals surface area contributed by atoms with E-state index in [2.05, 4.69) is 4.90 Å². The average Bonchev–Trinajstić information content (AvgIpc) is 3.29. The van der Waals surface area contributed by atoms with Crippen molar-refractivity contribution in [1.82, 2.24) is 9.80 Å². The largest absolute Gasteiger partial charge is 0.472 e. The maximum atomic E-state index is 12.5. The number of likely N-dealkylation sites (tertiary alicyclic amines) is 2. The van der Waals surface area contributed by atoms with Gasteiger partial charge < -0.3 is 14.1 Å². The van der Waals surface area contributed by atoms with Gasteiger partial charge in [0, 0.05) is 44.7 Å². The van der Waals surface area contributed by atoms with Gasteiger partial charge in [0.15, 0.2) is 0 Å². The molecule has 1 aromatic heterocycles. The first-order valence-corrected chi connectivity index (χ1v) is 8.88. The Hall–Kier alpha value is -1.33. The molecule has 0 spiro atoms. The monoisotopic (exact) mass is 318 g/mol. The number of nitrogens with zero attached hydrogens (tertiary/aromatic N) is 2. The number of fused-ring (bicyclic) bond motifs is 1. The van der Waals surface area contributed by atoms with Crippen LogP contribution in [0.1, 0.15) is 24.8 Å². The molecule has 3 atom stereocenters. The fourth-order valence-electron chi connectivity index (χ4n) is 4.49. The molecule has 0 N–H and O–H groups in total. The SMILES string of the molecule is O=C(C[C@@H]1COC[C@H]2CN(Cc3ccoc3)C[C@@H]12)N1CCCC1. The lowest BCUT2D eigenvalue weighted by Gasteiger charge is -2.33. The van der Waals surface area contributed by atoms with Crippen LogP contribution in [0.2, 0.25) is 0 Å². The highest BCUT2D eigenvalue weighted by atomic mass is 16.5. The lowest BCUT2D eigenvalue weighted by atomic mass is 9.81. The lowest BCUT2D eigenvalue weighted by molar-refractivity contribution is -0.133. The Labute approximate surface area is 137 Å². The smallest absolute Gasteiger partial charge is 0.222 e. The van der Waals surface area contributed by atoms with Crippen molar-refractivity contribution in [3.63, 3.8) is 0 Å². The van der Waals surface area contributed by atoms with E-state index in [1.807, 2.05) is 17.2 Å². The zero-order chi connectivity index (χ0) is 15.6. The van der Waals surface area contributed by atoms with Crippen LogP contribution >= 0.6 is 0 Å². The number of hydrogen-bond acceptors (Lipinski definition) is 4. The summed E-state index contributed by atoms with van der Waals surface area (Å²) in [5, 5.41) is 0. The lowest BCUT2D eigenvalue weighted by Crippen LogP contribution is -2.39. The molecule has 0 bridgehead atoms. The maximum Gasteiger partial charge on any atom is 0.222 e. The Bertz CT molecular complexity index is 524. The van der Waals surface area contributed by atoms with Crippen LogP contribution in [0.25, 0.3) is 0 Å². The number of carbonyl (C=O) groups excluding carboxylic acids is 1.